The van der Waals surface area contributed by atoms with E-state index in [1.54, 1.807) is 24.5 Å². The van der Waals surface area contributed by atoms with E-state index in [0.29, 0.717) is 5.56 Å². The molecule has 1 amide bonds. The molecular formula is C14H11N3O. The Labute approximate surface area is 104 Å². The number of anilines is 1. The molecule has 88 valence electrons. The maximum Gasteiger partial charge on any atom is 0.255 e. The predicted octanol–water partition coefficient (Wildman–Crippen LogP) is 2.82. The Balaban J connectivity index is 1.86. The number of hydrogen-bond acceptors (Lipinski definition) is 2. The molecule has 2 aromatic heterocycles. The van der Waals surface area contributed by atoms with Crippen LogP contribution in [0.3, 0.4) is 0 Å². The minimum Gasteiger partial charge on any atom is -0.361 e. The molecule has 0 spiro atoms. The van der Waals surface area contributed by atoms with E-state index in [4.69, 9.17) is 0 Å². The first kappa shape index (κ1) is 10.5. The van der Waals surface area contributed by atoms with Crippen LogP contribution in [0.25, 0.3) is 10.9 Å². The average Bonchev–Trinajstić information content (AvgIpc) is 2.87. The van der Waals surface area contributed by atoms with Crippen LogP contribution >= 0.6 is 0 Å². The van der Waals surface area contributed by atoms with Crippen LogP contribution in [0, 0.1) is 0 Å². The van der Waals surface area contributed by atoms with Crippen molar-refractivity contribution in [3.8, 4) is 0 Å². The summed E-state index contributed by atoms with van der Waals surface area (Å²) in [6.45, 7) is 0. The minimum atomic E-state index is -0.136. The van der Waals surface area contributed by atoms with Crippen LogP contribution in [0.15, 0.2) is 55.0 Å². The highest BCUT2D eigenvalue weighted by Gasteiger charge is 2.05. The fourth-order valence-corrected chi connectivity index (χ4v) is 1.83. The standard InChI is InChI=1S/C14H11N3O/c18-14(11-3-6-15-7-4-11)17-12-2-1-10-5-8-16-13(10)9-12/h1-9,16H,(H,17,18). The van der Waals surface area contributed by atoms with Crippen molar-refractivity contribution < 1.29 is 4.79 Å². The summed E-state index contributed by atoms with van der Waals surface area (Å²) in [5.41, 5.74) is 2.37. The highest BCUT2D eigenvalue weighted by Crippen LogP contribution is 2.18. The van der Waals surface area contributed by atoms with Crippen molar-refractivity contribution in [2.24, 2.45) is 0 Å². The van der Waals surface area contributed by atoms with Gasteiger partial charge in [0.2, 0.25) is 0 Å². The zero-order valence-electron chi connectivity index (χ0n) is 9.55. The molecule has 18 heavy (non-hydrogen) atoms. The van der Waals surface area contributed by atoms with Gasteiger partial charge in [-0.2, -0.15) is 0 Å². The maximum absolute atomic E-state index is 11.9. The first-order chi connectivity index (χ1) is 8.83. The summed E-state index contributed by atoms with van der Waals surface area (Å²) < 4.78 is 0. The van der Waals surface area contributed by atoms with Gasteiger partial charge in [-0.1, -0.05) is 6.07 Å². The summed E-state index contributed by atoms with van der Waals surface area (Å²) in [5.74, 6) is -0.136. The number of fused-ring (bicyclic) bond motifs is 1. The summed E-state index contributed by atoms with van der Waals surface area (Å²) in [5, 5.41) is 3.98. The smallest absolute Gasteiger partial charge is 0.255 e. The largest absolute Gasteiger partial charge is 0.361 e. The Hall–Kier alpha value is -2.62. The van der Waals surface area contributed by atoms with E-state index in [0.717, 1.165) is 16.6 Å². The van der Waals surface area contributed by atoms with Gasteiger partial charge >= 0.3 is 0 Å². The van der Waals surface area contributed by atoms with Crippen LogP contribution in [-0.4, -0.2) is 15.9 Å². The van der Waals surface area contributed by atoms with Crippen LogP contribution in [0.2, 0.25) is 0 Å². The molecule has 0 aliphatic carbocycles. The van der Waals surface area contributed by atoms with Gasteiger partial charge in [0, 0.05) is 35.4 Å². The Bertz CT molecular complexity index is 688. The zero-order chi connectivity index (χ0) is 12.4. The molecule has 2 N–H and O–H groups in total. The summed E-state index contributed by atoms with van der Waals surface area (Å²) >= 11 is 0. The fraction of sp³-hybridized carbons (Fsp3) is 0. The van der Waals surface area contributed by atoms with Gasteiger partial charge in [-0.25, -0.2) is 0 Å². The van der Waals surface area contributed by atoms with Crippen molar-refractivity contribution in [2.75, 3.05) is 5.32 Å². The first-order valence-electron chi connectivity index (χ1n) is 5.61. The molecule has 3 aromatic rings. The molecule has 1 aromatic carbocycles. The van der Waals surface area contributed by atoms with Crippen LogP contribution < -0.4 is 5.32 Å². The summed E-state index contributed by atoms with van der Waals surface area (Å²) in [6.07, 6.45) is 5.07. The van der Waals surface area contributed by atoms with Gasteiger partial charge in [-0.3, -0.25) is 9.78 Å². The number of pyridine rings is 1. The lowest BCUT2D eigenvalue weighted by molar-refractivity contribution is 0.102. The van der Waals surface area contributed by atoms with Crippen molar-refractivity contribution in [3.63, 3.8) is 0 Å². The molecule has 0 saturated heterocycles. The van der Waals surface area contributed by atoms with Crippen LogP contribution in [0.5, 0.6) is 0 Å². The quantitative estimate of drug-likeness (QED) is 0.720. The number of nitrogens with one attached hydrogen (secondary N) is 2. The molecule has 4 heteroatoms. The molecule has 0 aliphatic heterocycles. The molecule has 0 radical (unpaired) electrons. The third-order valence-electron chi connectivity index (χ3n) is 2.76. The Morgan fingerprint density at radius 1 is 1.11 bits per heavy atom. The molecule has 0 unspecified atom stereocenters. The van der Waals surface area contributed by atoms with E-state index < -0.39 is 0 Å². The fourth-order valence-electron chi connectivity index (χ4n) is 1.83. The number of amides is 1. The molecule has 3 rings (SSSR count). The molecule has 2 heterocycles. The van der Waals surface area contributed by atoms with Gasteiger partial charge in [0.15, 0.2) is 0 Å². The second-order valence-corrected chi connectivity index (χ2v) is 3.97. The van der Waals surface area contributed by atoms with E-state index in [1.165, 1.54) is 0 Å². The summed E-state index contributed by atoms with van der Waals surface area (Å²) in [4.78, 5) is 18.9. The third kappa shape index (κ3) is 1.96. The first-order valence-corrected chi connectivity index (χ1v) is 5.61. The van der Waals surface area contributed by atoms with E-state index in [9.17, 15) is 4.79 Å². The number of carbonyl (C=O) groups is 1. The predicted molar refractivity (Wildman–Crippen MR) is 70.5 cm³/mol. The maximum atomic E-state index is 11.9. The Morgan fingerprint density at radius 3 is 2.78 bits per heavy atom. The molecular weight excluding hydrogens is 226 g/mol. The van der Waals surface area contributed by atoms with Crippen LogP contribution in [0.1, 0.15) is 10.4 Å². The van der Waals surface area contributed by atoms with E-state index in [2.05, 4.69) is 15.3 Å². The van der Waals surface area contributed by atoms with Crippen molar-refractivity contribution in [1.29, 1.82) is 0 Å². The minimum absolute atomic E-state index is 0.136. The molecule has 0 saturated carbocycles. The van der Waals surface area contributed by atoms with Crippen molar-refractivity contribution in [3.05, 3.63) is 60.6 Å². The molecule has 0 fully saturated rings. The normalized spacial score (nSPS) is 10.4. The Kier molecular flexibility index (Phi) is 2.53. The number of benzene rings is 1. The summed E-state index contributed by atoms with van der Waals surface area (Å²) in [7, 11) is 0. The Morgan fingerprint density at radius 2 is 1.94 bits per heavy atom. The second kappa shape index (κ2) is 4.33. The topological polar surface area (TPSA) is 57.8 Å². The number of aromatic amines is 1. The third-order valence-corrected chi connectivity index (χ3v) is 2.76. The average molecular weight is 237 g/mol. The highest BCUT2D eigenvalue weighted by atomic mass is 16.1. The monoisotopic (exact) mass is 237 g/mol. The van der Waals surface area contributed by atoms with Crippen molar-refractivity contribution >= 4 is 22.5 Å². The van der Waals surface area contributed by atoms with Gasteiger partial charge in [0.25, 0.3) is 5.91 Å². The van der Waals surface area contributed by atoms with Crippen LogP contribution in [-0.2, 0) is 0 Å². The van der Waals surface area contributed by atoms with Gasteiger partial charge in [-0.15, -0.1) is 0 Å². The van der Waals surface area contributed by atoms with Crippen LogP contribution in [0.4, 0.5) is 5.69 Å². The highest BCUT2D eigenvalue weighted by molar-refractivity contribution is 6.04. The number of H-pyrrole nitrogens is 1. The molecule has 0 aliphatic rings. The van der Waals surface area contributed by atoms with E-state index in [1.807, 2.05) is 30.5 Å². The number of aromatic nitrogens is 2. The van der Waals surface area contributed by atoms with E-state index in [-0.39, 0.29) is 5.91 Å². The second-order valence-electron chi connectivity index (χ2n) is 3.97. The van der Waals surface area contributed by atoms with Gasteiger partial charge in [-0.05, 0) is 35.7 Å². The van der Waals surface area contributed by atoms with Crippen molar-refractivity contribution in [2.45, 2.75) is 0 Å². The van der Waals surface area contributed by atoms with Gasteiger partial charge in [0.1, 0.15) is 0 Å². The van der Waals surface area contributed by atoms with Gasteiger partial charge < -0.3 is 10.3 Å². The lowest BCUT2D eigenvalue weighted by atomic mass is 10.2. The SMILES string of the molecule is O=C(Nc1ccc2cc[nH]c2c1)c1ccncc1. The molecule has 0 atom stereocenters. The number of rotatable bonds is 2. The van der Waals surface area contributed by atoms with Gasteiger partial charge in [0.05, 0.1) is 0 Å². The number of hydrogen-bond donors (Lipinski definition) is 2. The van der Waals surface area contributed by atoms with Crippen molar-refractivity contribution in [1.82, 2.24) is 9.97 Å². The summed E-state index contributed by atoms with van der Waals surface area (Å²) in [6, 6.07) is 11.1. The van der Waals surface area contributed by atoms with E-state index >= 15 is 0 Å². The number of nitrogens with zero attached hydrogens (tertiary/aromatic N) is 1. The molecule has 0 bridgehead atoms. The lowest BCUT2D eigenvalue weighted by Crippen LogP contribution is -2.11. The molecule has 4 nitrogen and oxygen atoms in total. The zero-order valence-corrected chi connectivity index (χ0v) is 9.55. The lowest BCUT2D eigenvalue weighted by Gasteiger charge is -2.05. The number of carbonyl (C=O) groups excluding carboxylic acids is 1.